The minimum Gasteiger partial charge on any atom is -0.354 e. The molecule has 1 aromatic carbocycles. The molecule has 0 radical (unpaired) electrons. The van der Waals surface area contributed by atoms with E-state index in [0.717, 1.165) is 10.6 Å². The van der Waals surface area contributed by atoms with Crippen molar-refractivity contribution in [3.8, 4) is 0 Å². The number of carbonyl (C=O) groups excluding carboxylic acids is 1. The summed E-state index contributed by atoms with van der Waals surface area (Å²) in [7, 11) is -3.69. The number of nitrogens with one attached hydrogen (secondary N) is 1. The van der Waals surface area contributed by atoms with Crippen LogP contribution in [0, 0.1) is 5.92 Å². The zero-order valence-electron chi connectivity index (χ0n) is 12.1. The van der Waals surface area contributed by atoms with Gasteiger partial charge in [-0.1, -0.05) is 43.1 Å². The molecule has 0 atom stereocenters. The Hall–Kier alpha value is -0.980. The highest BCUT2D eigenvalue weighted by molar-refractivity contribution is 7.92. The number of carbonyl (C=O) groups is 1. The Kier molecular flexibility index (Phi) is 6.31. The normalized spacial score (nSPS) is 11.5. The van der Waals surface area contributed by atoms with E-state index < -0.39 is 15.9 Å². The van der Waals surface area contributed by atoms with Crippen molar-refractivity contribution in [2.24, 2.45) is 5.92 Å². The number of amides is 1. The SMILES string of the molecule is CC(C)CNC(=O)CN(c1c(Cl)cccc1Cl)S(C)(=O)=O. The summed E-state index contributed by atoms with van der Waals surface area (Å²) in [6.45, 7) is 3.99. The van der Waals surface area contributed by atoms with E-state index in [1.807, 2.05) is 13.8 Å². The van der Waals surface area contributed by atoms with Crippen LogP contribution in [-0.4, -0.2) is 33.7 Å². The smallest absolute Gasteiger partial charge is 0.240 e. The fourth-order valence-electron chi connectivity index (χ4n) is 1.59. The van der Waals surface area contributed by atoms with Crippen molar-refractivity contribution in [1.82, 2.24) is 5.32 Å². The van der Waals surface area contributed by atoms with Gasteiger partial charge in [-0.15, -0.1) is 0 Å². The maximum atomic E-state index is 11.9. The average Bonchev–Trinajstić information content (AvgIpc) is 2.33. The number of sulfonamides is 1. The summed E-state index contributed by atoms with van der Waals surface area (Å²) >= 11 is 12.0. The first kappa shape index (κ1) is 18.1. The highest BCUT2D eigenvalue weighted by Gasteiger charge is 2.25. The molecule has 0 saturated heterocycles. The third kappa shape index (κ3) is 5.37. The molecule has 0 fully saturated rings. The molecule has 0 aliphatic heterocycles. The van der Waals surface area contributed by atoms with Gasteiger partial charge in [0.1, 0.15) is 6.54 Å². The average molecular weight is 353 g/mol. The first-order valence-corrected chi connectivity index (χ1v) is 8.91. The Morgan fingerprint density at radius 2 is 1.81 bits per heavy atom. The lowest BCUT2D eigenvalue weighted by Crippen LogP contribution is -2.41. The zero-order chi connectivity index (χ0) is 16.2. The van der Waals surface area contributed by atoms with Gasteiger partial charge in [-0.3, -0.25) is 9.10 Å². The molecule has 1 rings (SSSR count). The number of halogens is 2. The van der Waals surface area contributed by atoms with Crippen LogP contribution in [0.2, 0.25) is 10.0 Å². The Morgan fingerprint density at radius 1 is 1.29 bits per heavy atom. The van der Waals surface area contributed by atoms with Crippen molar-refractivity contribution < 1.29 is 13.2 Å². The maximum absolute atomic E-state index is 11.9. The first-order valence-electron chi connectivity index (χ1n) is 6.31. The maximum Gasteiger partial charge on any atom is 0.240 e. The quantitative estimate of drug-likeness (QED) is 0.855. The Balaban J connectivity index is 3.06. The van der Waals surface area contributed by atoms with E-state index in [1.165, 1.54) is 12.1 Å². The largest absolute Gasteiger partial charge is 0.354 e. The third-order valence-corrected chi connectivity index (χ3v) is 4.30. The summed E-state index contributed by atoms with van der Waals surface area (Å²) in [5.74, 6) is -0.144. The molecular formula is C13H18Cl2N2O3S. The molecule has 0 heterocycles. The second-order valence-electron chi connectivity index (χ2n) is 5.04. The van der Waals surface area contributed by atoms with Crippen molar-refractivity contribution in [2.45, 2.75) is 13.8 Å². The summed E-state index contributed by atoms with van der Waals surface area (Å²) in [5, 5.41) is 3.00. The van der Waals surface area contributed by atoms with Crippen LogP contribution in [0.4, 0.5) is 5.69 Å². The van der Waals surface area contributed by atoms with E-state index >= 15 is 0 Å². The fraction of sp³-hybridized carbons (Fsp3) is 0.462. The number of benzene rings is 1. The van der Waals surface area contributed by atoms with E-state index in [-0.39, 0.29) is 28.2 Å². The van der Waals surface area contributed by atoms with Gasteiger partial charge >= 0.3 is 0 Å². The first-order chi connectivity index (χ1) is 9.62. The van der Waals surface area contributed by atoms with Gasteiger partial charge in [-0.25, -0.2) is 8.42 Å². The molecule has 5 nitrogen and oxygen atoms in total. The number of anilines is 1. The molecule has 1 N–H and O–H groups in total. The van der Waals surface area contributed by atoms with Crippen LogP contribution >= 0.6 is 23.2 Å². The van der Waals surface area contributed by atoms with Crippen LogP contribution in [0.15, 0.2) is 18.2 Å². The summed E-state index contributed by atoms with van der Waals surface area (Å²) in [6, 6.07) is 4.65. The number of para-hydroxylation sites is 1. The van der Waals surface area contributed by atoms with Gasteiger partial charge in [0.15, 0.2) is 0 Å². The van der Waals surface area contributed by atoms with Crippen LogP contribution in [0.3, 0.4) is 0 Å². The number of hydrogen-bond donors (Lipinski definition) is 1. The van der Waals surface area contributed by atoms with Crippen LogP contribution in [-0.2, 0) is 14.8 Å². The number of hydrogen-bond acceptors (Lipinski definition) is 3. The molecule has 21 heavy (non-hydrogen) atoms. The van der Waals surface area contributed by atoms with Gasteiger partial charge in [0.05, 0.1) is 22.0 Å². The fourth-order valence-corrected chi connectivity index (χ4v) is 3.18. The minimum atomic E-state index is -3.69. The predicted octanol–water partition coefficient (Wildman–Crippen LogP) is 2.53. The van der Waals surface area contributed by atoms with E-state index in [9.17, 15) is 13.2 Å². The minimum absolute atomic E-state index is 0.114. The molecule has 0 unspecified atom stereocenters. The molecule has 1 aromatic rings. The lowest BCUT2D eigenvalue weighted by atomic mass is 10.2. The van der Waals surface area contributed by atoms with Crippen molar-refractivity contribution in [2.75, 3.05) is 23.7 Å². The van der Waals surface area contributed by atoms with Crippen molar-refractivity contribution in [1.29, 1.82) is 0 Å². The molecule has 0 aromatic heterocycles. The third-order valence-electron chi connectivity index (χ3n) is 2.58. The van der Waals surface area contributed by atoms with Crippen molar-refractivity contribution in [3.63, 3.8) is 0 Å². The van der Waals surface area contributed by atoms with Crippen LogP contribution in [0.25, 0.3) is 0 Å². The molecule has 0 saturated carbocycles. The van der Waals surface area contributed by atoms with Gasteiger partial charge in [-0.2, -0.15) is 0 Å². The van der Waals surface area contributed by atoms with Crippen LogP contribution in [0.5, 0.6) is 0 Å². The van der Waals surface area contributed by atoms with Gasteiger partial charge in [0.2, 0.25) is 15.9 Å². The van der Waals surface area contributed by atoms with E-state index in [2.05, 4.69) is 5.32 Å². The molecule has 118 valence electrons. The van der Waals surface area contributed by atoms with Gasteiger partial charge in [0, 0.05) is 6.54 Å². The van der Waals surface area contributed by atoms with Crippen LogP contribution < -0.4 is 9.62 Å². The Morgan fingerprint density at radius 3 is 2.24 bits per heavy atom. The number of rotatable bonds is 6. The summed E-state index contributed by atoms with van der Waals surface area (Å²) in [5.41, 5.74) is 0.114. The van der Waals surface area contributed by atoms with Crippen molar-refractivity contribution in [3.05, 3.63) is 28.2 Å². The highest BCUT2D eigenvalue weighted by atomic mass is 35.5. The van der Waals surface area contributed by atoms with Gasteiger partial charge < -0.3 is 5.32 Å². The topological polar surface area (TPSA) is 66.5 Å². The molecule has 0 aliphatic carbocycles. The summed E-state index contributed by atoms with van der Waals surface area (Å²) in [6.07, 6.45) is 1.00. The second-order valence-corrected chi connectivity index (χ2v) is 7.76. The standard InChI is InChI=1S/C13H18Cl2N2O3S/c1-9(2)7-16-12(18)8-17(21(3,19)20)13-10(14)5-4-6-11(13)15/h4-6,9H,7-8H2,1-3H3,(H,16,18). The lowest BCUT2D eigenvalue weighted by molar-refractivity contribution is -0.119. The van der Waals surface area contributed by atoms with Crippen LogP contribution in [0.1, 0.15) is 13.8 Å². The predicted molar refractivity (Wildman–Crippen MR) is 86.5 cm³/mol. The number of nitrogens with zero attached hydrogens (tertiary/aromatic N) is 1. The Bertz CT molecular complexity index is 598. The van der Waals surface area contributed by atoms with Gasteiger partial charge in [0.25, 0.3) is 0 Å². The summed E-state index contributed by atoms with van der Waals surface area (Å²) in [4.78, 5) is 11.9. The molecule has 0 aliphatic rings. The molecule has 1 amide bonds. The summed E-state index contributed by atoms with van der Waals surface area (Å²) < 4.78 is 24.8. The Labute approximate surface area is 135 Å². The van der Waals surface area contributed by atoms with E-state index in [4.69, 9.17) is 23.2 Å². The molecule has 0 spiro atoms. The molecule has 0 bridgehead atoms. The zero-order valence-corrected chi connectivity index (χ0v) is 14.4. The molecular weight excluding hydrogens is 335 g/mol. The van der Waals surface area contributed by atoms with E-state index in [1.54, 1.807) is 6.07 Å². The van der Waals surface area contributed by atoms with Crippen molar-refractivity contribution >= 4 is 44.8 Å². The monoisotopic (exact) mass is 352 g/mol. The molecule has 8 heteroatoms. The second kappa shape index (κ2) is 7.33. The highest BCUT2D eigenvalue weighted by Crippen LogP contribution is 2.34. The van der Waals surface area contributed by atoms with Gasteiger partial charge in [-0.05, 0) is 18.1 Å². The lowest BCUT2D eigenvalue weighted by Gasteiger charge is -2.24. The van der Waals surface area contributed by atoms with E-state index in [0.29, 0.717) is 6.54 Å².